The molecule has 0 aliphatic carbocycles. The minimum atomic E-state index is -0.444. The number of halogens is 1. The summed E-state index contributed by atoms with van der Waals surface area (Å²) in [7, 11) is 0. The van der Waals surface area contributed by atoms with Crippen molar-refractivity contribution in [2.75, 3.05) is 16.8 Å². The minimum Gasteiger partial charge on any atom is -0.322 e. The molecule has 118 valence electrons. The zero-order valence-corrected chi connectivity index (χ0v) is 12.8. The van der Waals surface area contributed by atoms with E-state index in [-0.39, 0.29) is 17.4 Å². The van der Waals surface area contributed by atoms with E-state index in [1.165, 1.54) is 18.2 Å². The van der Waals surface area contributed by atoms with E-state index in [1.807, 2.05) is 12.1 Å². The number of hydrogen-bond donors (Lipinski definition) is 1. The second-order valence-electron chi connectivity index (χ2n) is 5.58. The van der Waals surface area contributed by atoms with E-state index >= 15 is 0 Å². The first-order valence-corrected chi connectivity index (χ1v) is 7.52. The van der Waals surface area contributed by atoms with Gasteiger partial charge in [0.15, 0.2) is 0 Å². The van der Waals surface area contributed by atoms with Crippen molar-refractivity contribution >= 4 is 23.2 Å². The van der Waals surface area contributed by atoms with Gasteiger partial charge in [0.05, 0.1) is 0 Å². The Kier molecular flexibility index (Phi) is 4.10. The van der Waals surface area contributed by atoms with Crippen molar-refractivity contribution in [2.24, 2.45) is 0 Å². The van der Waals surface area contributed by atoms with Gasteiger partial charge in [-0.1, -0.05) is 6.07 Å². The molecule has 4 nitrogen and oxygen atoms in total. The number of rotatable bonds is 2. The molecule has 2 amide bonds. The molecule has 2 aromatic rings. The topological polar surface area (TPSA) is 49.4 Å². The molecule has 5 heteroatoms. The standard InChI is InChI=1S/C18H17FN2O2/c1-12(22)21-9-3-5-13-11-16(7-8-17(13)21)20-18(23)14-4-2-6-15(19)10-14/h2,4,6-8,10-11H,3,5,9H2,1H3,(H,20,23). The van der Waals surface area contributed by atoms with Gasteiger partial charge in [0.1, 0.15) is 5.82 Å². The molecule has 0 radical (unpaired) electrons. The van der Waals surface area contributed by atoms with E-state index < -0.39 is 5.82 Å². The van der Waals surface area contributed by atoms with Gasteiger partial charge in [-0.15, -0.1) is 0 Å². The summed E-state index contributed by atoms with van der Waals surface area (Å²) in [6.07, 6.45) is 1.76. The first-order chi connectivity index (χ1) is 11.0. The van der Waals surface area contributed by atoms with Crippen molar-refractivity contribution < 1.29 is 14.0 Å². The highest BCUT2D eigenvalue weighted by Gasteiger charge is 2.20. The Bertz CT molecular complexity index is 773. The Morgan fingerprint density at radius 3 is 2.74 bits per heavy atom. The zero-order chi connectivity index (χ0) is 16.4. The number of carbonyl (C=O) groups is 2. The Morgan fingerprint density at radius 2 is 2.00 bits per heavy atom. The van der Waals surface area contributed by atoms with Crippen LogP contribution in [0.5, 0.6) is 0 Å². The monoisotopic (exact) mass is 312 g/mol. The number of anilines is 2. The fourth-order valence-electron chi connectivity index (χ4n) is 2.83. The van der Waals surface area contributed by atoms with Crippen LogP contribution in [0.25, 0.3) is 0 Å². The highest BCUT2D eigenvalue weighted by atomic mass is 19.1. The molecule has 1 heterocycles. The van der Waals surface area contributed by atoms with Crippen LogP contribution in [0.15, 0.2) is 42.5 Å². The molecule has 23 heavy (non-hydrogen) atoms. The maximum atomic E-state index is 13.2. The van der Waals surface area contributed by atoms with Crippen molar-refractivity contribution in [3.63, 3.8) is 0 Å². The highest BCUT2D eigenvalue weighted by Crippen LogP contribution is 2.29. The Labute approximate surface area is 133 Å². The van der Waals surface area contributed by atoms with E-state index in [1.54, 1.807) is 24.0 Å². The predicted octanol–water partition coefficient (Wildman–Crippen LogP) is 3.38. The number of fused-ring (bicyclic) bond motifs is 1. The SMILES string of the molecule is CC(=O)N1CCCc2cc(NC(=O)c3cccc(F)c3)ccc21. The summed E-state index contributed by atoms with van der Waals surface area (Å²) in [4.78, 5) is 25.6. The molecule has 3 rings (SSSR count). The fraction of sp³-hybridized carbons (Fsp3) is 0.222. The molecule has 1 N–H and O–H groups in total. The quantitative estimate of drug-likeness (QED) is 0.924. The van der Waals surface area contributed by atoms with Crippen LogP contribution in [0.4, 0.5) is 15.8 Å². The lowest BCUT2D eigenvalue weighted by Gasteiger charge is -2.29. The van der Waals surface area contributed by atoms with Gasteiger partial charge < -0.3 is 10.2 Å². The lowest BCUT2D eigenvalue weighted by Crippen LogP contribution is -2.33. The van der Waals surface area contributed by atoms with Crippen molar-refractivity contribution in [1.29, 1.82) is 0 Å². The third kappa shape index (κ3) is 3.23. The number of nitrogens with one attached hydrogen (secondary N) is 1. The third-order valence-electron chi connectivity index (χ3n) is 3.92. The molecule has 0 saturated heterocycles. The van der Waals surface area contributed by atoms with Crippen LogP contribution in [0.3, 0.4) is 0 Å². The maximum absolute atomic E-state index is 13.2. The zero-order valence-electron chi connectivity index (χ0n) is 12.8. The smallest absolute Gasteiger partial charge is 0.255 e. The van der Waals surface area contributed by atoms with E-state index in [0.29, 0.717) is 5.69 Å². The largest absolute Gasteiger partial charge is 0.322 e. The van der Waals surface area contributed by atoms with E-state index in [9.17, 15) is 14.0 Å². The Morgan fingerprint density at radius 1 is 1.17 bits per heavy atom. The summed E-state index contributed by atoms with van der Waals surface area (Å²) in [6.45, 7) is 2.27. The Balaban J connectivity index is 1.82. The lowest BCUT2D eigenvalue weighted by molar-refractivity contribution is -0.116. The van der Waals surface area contributed by atoms with Gasteiger partial charge in [-0.05, 0) is 54.8 Å². The first-order valence-electron chi connectivity index (χ1n) is 7.52. The molecule has 0 spiro atoms. The van der Waals surface area contributed by atoms with Crippen molar-refractivity contribution in [1.82, 2.24) is 0 Å². The summed E-state index contributed by atoms with van der Waals surface area (Å²) >= 11 is 0. The van der Waals surface area contributed by atoms with Gasteiger partial charge in [-0.25, -0.2) is 4.39 Å². The van der Waals surface area contributed by atoms with Crippen LogP contribution in [0, 0.1) is 5.82 Å². The van der Waals surface area contributed by atoms with Gasteiger partial charge >= 0.3 is 0 Å². The average Bonchev–Trinajstić information content (AvgIpc) is 2.54. The number of aryl methyl sites for hydroxylation is 1. The summed E-state index contributed by atoms with van der Waals surface area (Å²) in [5.74, 6) is -0.786. The molecule has 0 saturated carbocycles. The molecule has 2 aromatic carbocycles. The number of nitrogens with zero attached hydrogens (tertiary/aromatic N) is 1. The van der Waals surface area contributed by atoms with Crippen LogP contribution >= 0.6 is 0 Å². The average molecular weight is 312 g/mol. The van der Waals surface area contributed by atoms with Gasteiger partial charge in [-0.2, -0.15) is 0 Å². The number of carbonyl (C=O) groups excluding carboxylic acids is 2. The lowest BCUT2D eigenvalue weighted by atomic mass is 10.0. The highest BCUT2D eigenvalue weighted by molar-refractivity contribution is 6.04. The van der Waals surface area contributed by atoms with Gasteiger partial charge in [0, 0.05) is 30.4 Å². The van der Waals surface area contributed by atoms with Crippen LogP contribution in [0.2, 0.25) is 0 Å². The van der Waals surface area contributed by atoms with E-state index in [0.717, 1.165) is 30.6 Å². The van der Waals surface area contributed by atoms with Crippen LogP contribution in [0.1, 0.15) is 29.3 Å². The summed E-state index contributed by atoms with van der Waals surface area (Å²) in [5.41, 5.74) is 2.84. The van der Waals surface area contributed by atoms with Crippen molar-refractivity contribution in [2.45, 2.75) is 19.8 Å². The minimum absolute atomic E-state index is 0.0162. The maximum Gasteiger partial charge on any atom is 0.255 e. The Hall–Kier alpha value is -2.69. The normalized spacial score (nSPS) is 13.4. The second kappa shape index (κ2) is 6.20. The van der Waals surface area contributed by atoms with Crippen molar-refractivity contribution in [3.05, 3.63) is 59.4 Å². The van der Waals surface area contributed by atoms with Gasteiger partial charge in [0.25, 0.3) is 5.91 Å². The number of amides is 2. The molecular formula is C18H17FN2O2. The summed E-state index contributed by atoms with van der Waals surface area (Å²) < 4.78 is 13.2. The summed E-state index contributed by atoms with van der Waals surface area (Å²) in [6, 6.07) is 11.0. The molecule has 0 unspecified atom stereocenters. The molecular weight excluding hydrogens is 295 g/mol. The predicted molar refractivity (Wildman–Crippen MR) is 87.1 cm³/mol. The molecule has 1 aliphatic rings. The second-order valence-corrected chi connectivity index (χ2v) is 5.58. The van der Waals surface area contributed by atoms with E-state index in [2.05, 4.69) is 5.32 Å². The van der Waals surface area contributed by atoms with Crippen molar-refractivity contribution in [3.8, 4) is 0 Å². The molecule has 0 aromatic heterocycles. The summed E-state index contributed by atoms with van der Waals surface area (Å²) in [5, 5.41) is 2.77. The van der Waals surface area contributed by atoms with E-state index in [4.69, 9.17) is 0 Å². The third-order valence-corrected chi connectivity index (χ3v) is 3.92. The van der Waals surface area contributed by atoms with Crippen LogP contribution in [-0.4, -0.2) is 18.4 Å². The van der Waals surface area contributed by atoms with Crippen LogP contribution in [-0.2, 0) is 11.2 Å². The number of hydrogen-bond acceptors (Lipinski definition) is 2. The molecule has 0 fully saturated rings. The van der Waals surface area contributed by atoms with Gasteiger partial charge in [0.2, 0.25) is 5.91 Å². The molecule has 1 aliphatic heterocycles. The molecule has 0 atom stereocenters. The first kappa shape index (κ1) is 15.2. The van der Waals surface area contributed by atoms with Crippen LogP contribution < -0.4 is 10.2 Å². The number of benzene rings is 2. The molecule has 0 bridgehead atoms. The fourth-order valence-corrected chi connectivity index (χ4v) is 2.83. The van der Waals surface area contributed by atoms with Gasteiger partial charge in [-0.3, -0.25) is 9.59 Å².